The Balaban J connectivity index is 1.96. The number of rotatable bonds is 6. The zero-order chi connectivity index (χ0) is 23.0. The number of nitrogens with two attached hydrogens (primary N) is 1. The highest BCUT2D eigenvalue weighted by molar-refractivity contribution is 5.85. The Morgan fingerprint density at radius 1 is 1.06 bits per heavy atom. The minimum atomic E-state index is -0.606. The van der Waals surface area contributed by atoms with E-state index in [-0.39, 0.29) is 12.4 Å². The fourth-order valence-corrected chi connectivity index (χ4v) is 3.75. The normalized spacial score (nSPS) is 11.0. The van der Waals surface area contributed by atoms with E-state index in [9.17, 15) is 13.6 Å². The van der Waals surface area contributed by atoms with Gasteiger partial charge in [-0.15, -0.1) is 0 Å². The maximum Gasteiger partial charge on any atom is 0.255 e. The molecule has 3 N–H and O–H groups in total. The summed E-state index contributed by atoms with van der Waals surface area (Å²) in [5.41, 5.74) is 9.80. The van der Waals surface area contributed by atoms with Gasteiger partial charge in [0.25, 0.3) is 5.91 Å². The first-order valence-electron chi connectivity index (χ1n) is 9.97. The lowest BCUT2D eigenvalue weighted by atomic mass is 10.0. The van der Waals surface area contributed by atoms with Gasteiger partial charge in [0.1, 0.15) is 34.5 Å². The van der Waals surface area contributed by atoms with Crippen molar-refractivity contribution in [2.75, 3.05) is 11.9 Å². The fraction of sp³-hybridized carbons (Fsp3) is 0.167. The zero-order valence-corrected chi connectivity index (χ0v) is 17.9. The van der Waals surface area contributed by atoms with E-state index < -0.39 is 11.7 Å². The van der Waals surface area contributed by atoms with Crippen LogP contribution in [0.2, 0.25) is 0 Å². The van der Waals surface area contributed by atoms with Crippen molar-refractivity contribution in [2.45, 2.75) is 20.8 Å². The third kappa shape index (κ3) is 3.99. The molecule has 32 heavy (non-hydrogen) atoms. The highest BCUT2D eigenvalue weighted by Gasteiger charge is 2.21. The van der Waals surface area contributed by atoms with Gasteiger partial charge < -0.3 is 15.8 Å². The van der Waals surface area contributed by atoms with Crippen LogP contribution in [0, 0.1) is 32.4 Å². The lowest BCUT2D eigenvalue weighted by Gasteiger charge is -2.16. The lowest BCUT2D eigenvalue weighted by molar-refractivity contribution is -0.119. The number of carbonyl (C=O) groups is 1. The number of aromatic nitrogens is 2. The Bertz CT molecular complexity index is 1320. The van der Waals surface area contributed by atoms with E-state index in [1.54, 1.807) is 36.4 Å². The molecular weight excluding hydrogens is 414 g/mol. The summed E-state index contributed by atoms with van der Waals surface area (Å²) in [5, 5.41) is 3.32. The van der Waals surface area contributed by atoms with E-state index in [4.69, 9.17) is 15.5 Å². The van der Waals surface area contributed by atoms with Crippen LogP contribution >= 0.6 is 0 Å². The summed E-state index contributed by atoms with van der Waals surface area (Å²) in [6.07, 6.45) is 1.32. The number of imidazole rings is 1. The van der Waals surface area contributed by atoms with E-state index in [0.717, 1.165) is 5.56 Å². The highest BCUT2D eigenvalue weighted by atomic mass is 19.1. The molecule has 164 valence electrons. The van der Waals surface area contributed by atoms with Gasteiger partial charge in [-0.25, -0.2) is 13.8 Å². The Kier molecular flexibility index (Phi) is 5.52. The number of pyridine rings is 1. The Labute approximate surface area is 183 Å². The molecule has 0 spiro atoms. The second-order valence-electron chi connectivity index (χ2n) is 7.63. The van der Waals surface area contributed by atoms with Crippen molar-refractivity contribution >= 4 is 23.1 Å². The minimum Gasteiger partial charge on any atom is -0.483 e. The average Bonchev–Trinajstić information content (AvgIpc) is 3.06. The van der Waals surface area contributed by atoms with E-state index >= 15 is 0 Å². The molecule has 0 saturated carbocycles. The molecule has 0 aliphatic heterocycles. The van der Waals surface area contributed by atoms with E-state index in [0.29, 0.717) is 45.3 Å². The highest BCUT2D eigenvalue weighted by Crippen LogP contribution is 2.39. The number of hydrogen-bond donors (Lipinski definition) is 2. The van der Waals surface area contributed by atoms with Gasteiger partial charge in [-0.1, -0.05) is 12.1 Å². The van der Waals surface area contributed by atoms with Crippen molar-refractivity contribution in [3.8, 4) is 17.0 Å². The van der Waals surface area contributed by atoms with Gasteiger partial charge in [-0.3, -0.25) is 9.20 Å². The topological polar surface area (TPSA) is 81.6 Å². The number of amides is 1. The number of ether oxygens (including phenoxy) is 1. The molecule has 1 amide bonds. The number of hydrogen-bond acceptors (Lipinski definition) is 4. The van der Waals surface area contributed by atoms with Gasteiger partial charge >= 0.3 is 0 Å². The van der Waals surface area contributed by atoms with Gasteiger partial charge in [0.2, 0.25) is 0 Å². The summed E-state index contributed by atoms with van der Waals surface area (Å²) in [6.45, 7) is 5.17. The number of halogens is 2. The number of aryl methyl sites for hydroxylation is 3. The van der Waals surface area contributed by atoms with Crippen molar-refractivity contribution < 1.29 is 18.3 Å². The molecular formula is C24H22F2N4O2. The van der Waals surface area contributed by atoms with Crippen molar-refractivity contribution in [3.05, 3.63) is 77.0 Å². The molecule has 0 aliphatic carbocycles. The van der Waals surface area contributed by atoms with Gasteiger partial charge in [-0.05, 0) is 67.8 Å². The van der Waals surface area contributed by atoms with E-state index in [1.807, 2.05) is 13.0 Å². The monoisotopic (exact) mass is 436 g/mol. The first-order valence-corrected chi connectivity index (χ1v) is 9.97. The Morgan fingerprint density at radius 2 is 1.78 bits per heavy atom. The van der Waals surface area contributed by atoms with Crippen molar-refractivity contribution in [1.82, 2.24) is 9.38 Å². The summed E-state index contributed by atoms with van der Waals surface area (Å²) in [5.74, 6) is -0.479. The number of nitrogens with one attached hydrogen (secondary N) is 1. The summed E-state index contributed by atoms with van der Waals surface area (Å²) < 4.78 is 35.2. The first-order chi connectivity index (χ1) is 15.2. The molecule has 0 saturated heterocycles. The van der Waals surface area contributed by atoms with Crippen LogP contribution in [-0.2, 0) is 4.79 Å². The Hall–Kier alpha value is -3.94. The standard InChI is InChI=1S/C24H22F2N4O2/c1-13-5-4-6-18(32-12-19(27)31)21(13)23-24(30-11-16(25)7-8-20(30)28-23)29-22-14(2)9-17(26)10-15(22)3/h4-11,29H,12H2,1-3H3,(H2,27,31). The van der Waals surface area contributed by atoms with Crippen molar-refractivity contribution in [2.24, 2.45) is 5.73 Å². The second-order valence-corrected chi connectivity index (χ2v) is 7.63. The quantitative estimate of drug-likeness (QED) is 0.454. The number of nitrogens with zero attached hydrogens (tertiary/aromatic N) is 2. The van der Waals surface area contributed by atoms with Crippen LogP contribution in [0.15, 0.2) is 48.7 Å². The third-order valence-corrected chi connectivity index (χ3v) is 5.16. The average molecular weight is 436 g/mol. The molecule has 0 fully saturated rings. The smallest absolute Gasteiger partial charge is 0.255 e. The largest absolute Gasteiger partial charge is 0.483 e. The molecule has 6 nitrogen and oxygen atoms in total. The van der Waals surface area contributed by atoms with Gasteiger partial charge in [0.15, 0.2) is 6.61 Å². The summed E-state index contributed by atoms with van der Waals surface area (Å²) >= 11 is 0. The van der Waals surface area contributed by atoms with Gasteiger partial charge in [-0.2, -0.15) is 0 Å². The van der Waals surface area contributed by atoms with Crippen LogP contribution < -0.4 is 15.8 Å². The van der Waals surface area contributed by atoms with E-state index in [2.05, 4.69) is 5.32 Å². The molecule has 4 aromatic rings. The lowest BCUT2D eigenvalue weighted by Crippen LogP contribution is -2.20. The number of benzene rings is 2. The number of anilines is 2. The van der Waals surface area contributed by atoms with Crippen molar-refractivity contribution in [3.63, 3.8) is 0 Å². The Morgan fingerprint density at radius 3 is 2.47 bits per heavy atom. The molecule has 0 aliphatic rings. The van der Waals surface area contributed by atoms with Crippen LogP contribution in [0.3, 0.4) is 0 Å². The predicted molar refractivity (Wildman–Crippen MR) is 119 cm³/mol. The van der Waals surface area contributed by atoms with Crippen LogP contribution in [0.4, 0.5) is 20.3 Å². The molecule has 2 aromatic carbocycles. The molecule has 0 bridgehead atoms. The SMILES string of the molecule is Cc1cc(F)cc(C)c1Nc1c(-c2c(C)cccc2OCC(N)=O)nc2ccc(F)cn12. The fourth-order valence-electron chi connectivity index (χ4n) is 3.75. The number of carbonyl (C=O) groups excluding carboxylic acids is 1. The van der Waals surface area contributed by atoms with E-state index in [1.165, 1.54) is 24.4 Å². The van der Waals surface area contributed by atoms with Crippen LogP contribution in [0.5, 0.6) is 5.75 Å². The van der Waals surface area contributed by atoms with Crippen LogP contribution in [0.25, 0.3) is 16.9 Å². The summed E-state index contributed by atoms with van der Waals surface area (Å²) in [6, 6.07) is 11.1. The zero-order valence-electron chi connectivity index (χ0n) is 17.9. The molecule has 0 unspecified atom stereocenters. The molecule has 2 aromatic heterocycles. The summed E-state index contributed by atoms with van der Waals surface area (Å²) in [7, 11) is 0. The summed E-state index contributed by atoms with van der Waals surface area (Å²) in [4.78, 5) is 16.0. The molecule has 0 radical (unpaired) electrons. The predicted octanol–water partition coefficient (Wildman–Crippen LogP) is 4.81. The molecule has 2 heterocycles. The van der Waals surface area contributed by atoms with Crippen LogP contribution in [0.1, 0.15) is 16.7 Å². The van der Waals surface area contributed by atoms with Crippen LogP contribution in [-0.4, -0.2) is 21.9 Å². The van der Waals surface area contributed by atoms with Gasteiger partial charge in [0.05, 0.1) is 0 Å². The maximum absolute atomic E-state index is 14.1. The minimum absolute atomic E-state index is 0.294. The van der Waals surface area contributed by atoms with Crippen molar-refractivity contribution in [1.29, 1.82) is 0 Å². The van der Waals surface area contributed by atoms with Gasteiger partial charge in [0, 0.05) is 17.4 Å². The molecule has 4 rings (SSSR count). The number of primary amides is 1. The molecule has 8 heteroatoms. The third-order valence-electron chi connectivity index (χ3n) is 5.16. The molecule has 0 atom stereocenters. The maximum atomic E-state index is 14.1. The second kappa shape index (κ2) is 8.30. The number of fused-ring (bicyclic) bond motifs is 1. The first kappa shape index (κ1) is 21.3.